The number of nitrogens with one attached hydrogen (secondary N) is 1. The number of benzene rings is 2. The lowest BCUT2D eigenvalue weighted by Gasteiger charge is -2.37. The van der Waals surface area contributed by atoms with Gasteiger partial charge in [-0.05, 0) is 132 Å². The molecule has 2 heterocycles. The number of carbonyl (C=O) groups excluding carboxylic acids is 2. The molecular formula is C39H47ClF4N2O4S2. The standard InChI is InChI=1S/C19H21F2NOS.C10H17NO2S.C9H5ClF2O.CH4/c1-18(2)13-7-8-19(18)11-24-22(16(19)10-13)17(23)6-4-12-3-5-14(20)15(21)9-12;1-9(2)7-3-4-10(9)6-14(12,13)11-8(10)5-7;10-9(13)4-2-6-1-3-7(11)8(12)5-6;/h3-6,9,13,16H,7-8,10-11H2,1-2H3;7-8,11H,3-6H2,1-2H3;1-5H;1H4/b6-4+;;4-2+;/t13?,16-,19-;7?,8-,10-;;/m11../s1. The predicted octanol–water partition coefficient (Wildman–Crippen LogP) is 9.16. The molecule has 6 aliphatic rings. The van der Waals surface area contributed by atoms with E-state index in [1.54, 1.807) is 18.0 Å². The Balaban J connectivity index is 0.000000160. The number of nitrogens with zero attached hydrogens (tertiary/aromatic N) is 1. The van der Waals surface area contributed by atoms with Crippen LogP contribution in [0.3, 0.4) is 0 Å². The molecule has 6 atom stereocenters. The third kappa shape index (κ3) is 7.02. The van der Waals surface area contributed by atoms with E-state index >= 15 is 0 Å². The van der Waals surface area contributed by atoms with Crippen LogP contribution in [0.4, 0.5) is 17.6 Å². The predicted molar refractivity (Wildman–Crippen MR) is 199 cm³/mol. The molecule has 2 saturated heterocycles. The molecule has 8 rings (SSSR count). The fraction of sp³-hybridized carbons (Fsp3) is 0.538. The highest BCUT2D eigenvalue weighted by molar-refractivity contribution is 7.97. The second kappa shape index (κ2) is 14.5. The van der Waals surface area contributed by atoms with Crippen LogP contribution in [0, 0.1) is 56.8 Å². The monoisotopic (exact) mass is 782 g/mol. The molecule has 2 spiro atoms. The molecule has 52 heavy (non-hydrogen) atoms. The van der Waals surface area contributed by atoms with Crippen molar-refractivity contribution in [2.75, 3.05) is 11.5 Å². The molecule has 2 aliphatic heterocycles. The van der Waals surface area contributed by atoms with E-state index in [-0.39, 0.29) is 35.6 Å². The Morgan fingerprint density at radius 1 is 0.827 bits per heavy atom. The molecule has 4 bridgehead atoms. The maximum Gasteiger partial charge on any atom is 0.256 e. The van der Waals surface area contributed by atoms with Gasteiger partial charge in [0.25, 0.3) is 5.91 Å². The number of carbonyl (C=O) groups is 2. The molecular weight excluding hydrogens is 736 g/mol. The highest BCUT2D eigenvalue weighted by Gasteiger charge is 2.69. The summed E-state index contributed by atoms with van der Waals surface area (Å²) in [6, 6.07) is 7.51. The van der Waals surface area contributed by atoms with Gasteiger partial charge < -0.3 is 0 Å². The average Bonchev–Trinajstić information content (AvgIpc) is 3.82. The highest BCUT2D eigenvalue weighted by Crippen LogP contribution is 2.71. The van der Waals surface area contributed by atoms with E-state index in [2.05, 4.69) is 32.4 Å². The van der Waals surface area contributed by atoms with E-state index in [9.17, 15) is 35.6 Å². The molecule has 284 valence electrons. The zero-order valence-electron chi connectivity index (χ0n) is 29.0. The molecule has 0 aromatic heterocycles. The number of fused-ring (bicyclic) bond motifs is 2. The fourth-order valence-electron chi connectivity index (χ4n) is 10.0. The molecule has 4 aliphatic carbocycles. The van der Waals surface area contributed by atoms with Crippen molar-refractivity contribution < 1.29 is 35.6 Å². The van der Waals surface area contributed by atoms with Crippen LogP contribution in [-0.2, 0) is 19.6 Å². The molecule has 6 nitrogen and oxygen atoms in total. The first kappa shape index (κ1) is 40.5. The van der Waals surface area contributed by atoms with E-state index in [1.807, 2.05) is 4.31 Å². The fourth-order valence-corrected chi connectivity index (χ4v) is 14.0. The number of allylic oxidation sites excluding steroid dienone is 1. The second-order valence-electron chi connectivity index (χ2n) is 15.9. The minimum absolute atomic E-state index is 0. The maximum atomic E-state index is 13.3. The number of sulfonamides is 1. The molecule has 1 amide bonds. The summed E-state index contributed by atoms with van der Waals surface area (Å²) >= 11 is 6.64. The Kier molecular flexibility index (Phi) is 11.3. The molecule has 1 N–H and O–H groups in total. The van der Waals surface area contributed by atoms with Crippen LogP contribution in [-0.4, -0.2) is 47.5 Å². The Bertz CT molecular complexity index is 1900. The molecule has 2 aromatic carbocycles. The summed E-state index contributed by atoms with van der Waals surface area (Å²) in [4.78, 5) is 22.9. The van der Waals surface area contributed by atoms with Crippen LogP contribution >= 0.6 is 23.5 Å². The minimum atomic E-state index is -2.97. The van der Waals surface area contributed by atoms with E-state index in [1.165, 1.54) is 43.5 Å². The van der Waals surface area contributed by atoms with Crippen LogP contribution < -0.4 is 4.72 Å². The van der Waals surface area contributed by atoms with Crippen molar-refractivity contribution in [3.05, 3.63) is 82.9 Å². The Morgan fingerprint density at radius 2 is 1.35 bits per heavy atom. The number of amides is 1. The zero-order valence-corrected chi connectivity index (χ0v) is 31.4. The van der Waals surface area contributed by atoms with Crippen molar-refractivity contribution >= 4 is 56.9 Å². The van der Waals surface area contributed by atoms with Crippen LogP contribution in [0.25, 0.3) is 12.2 Å². The molecule has 0 radical (unpaired) electrons. The Morgan fingerprint density at radius 3 is 1.85 bits per heavy atom. The first-order valence-electron chi connectivity index (χ1n) is 17.2. The molecule has 4 saturated carbocycles. The van der Waals surface area contributed by atoms with Gasteiger partial charge in [-0.1, -0.05) is 53.3 Å². The van der Waals surface area contributed by atoms with Gasteiger partial charge in [0.2, 0.25) is 15.3 Å². The van der Waals surface area contributed by atoms with Gasteiger partial charge in [-0.2, -0.15) is 0 Å². The van der Waals surface area contributed by atoms with Gasteiger partial charge in [-0.25, -0.2) is 30.7 Å². The summed E-state index contributed by atoms with van der Waals surface area (Å²) in [6.07, 6.45) is 12.4. The van der Waals surface area contributed by atoms with Crippen molar-refractivity contribution in [2.45, 2.75) is 85.7 Å². The van der Waals surface area contributed by atoms with Crippen molar-refractivity contribution in [2.24, 2.45) is 33.5 Å². The molecule has 2 aromatic rings. The lowest BCUT2D eigenvalue weighted by atomic mass is 9.69. The molecule has 2 unspecified atom stereocenters. The summed E-state index contributed by atoms with van der Waals surface area (Å²) in [6.45, 7) is 9.23. The van der Waals surface area contributed by atoms with Gasteiger partial charge in [-0.15, -0.1) is 0 Å². The third-order valence-electron chi connectivity index (χ3n) is 13.3. The summed E-state index contributed by atoms with van der Waals surface area (Å²) in [7, 11) is -2.97. The Hall–Kier alpha value is -2.67. The SMILES string of the molecule is C.CC1(C)C2CC[C@]13CS(=O)(=O)N[C@@H]3C2.CC1(C)C2CC[C@]13CSN(C(=O)/C=C/c1ccc(F)c(F)c1)[C@@H]3C2.O=C(Cl)/C=C/c1ccc(F)c(F)c1. The van der Waals surface area contributed by atoms with Crippen molar-refractivity contribution in [1.82, 2.24) is 9.03 Å². The van der Waals surface area contributed by atoms with E-state index < -0.39 is 38.5 Å². The van der Waals surface area contributed by atoms with Crippen molar-refractivity contribution in [3.63, 3.8) is 0 Å². The third-order valence-corrected chi connectivity index (χ3v) is 16.3. The minimum Gasteiger partial charge on any atom is -0.279 e. The number of hydrogen-bond acceptors (Lipinski definition) is 5. The summed E-state index contributed by atoms with van der Waals surface area (Å²) in [5.74, 6) is -0.883. The first-order chi connectivity index (χ1) is 23.8. The summed E-state index contributed by atoms with van der Waals surface area (Å²) in [5, 5.41) is -0.662. The highest BCUT2D eigenvalue weighted by atomic mass is 35.5. The van der Waals surface area contributed by atoms with Crippen LogP contribution in [0.5, 0.6) is 0 Å². The average molecular weight is 783 g/mol. The quantitative estimate of drug-likeness (QED) is 0.145. The number of rotatable bonds is 4. The normalized spacial score (nSPS) is 32.1. The van der Waals surface area contributed by atoms with Crippen molar-refractivity contribution in [1.29, 1.82) is 0 Å². The zero-order chi connectivity index (χ0) is 37.1. The largest absolute Gasteiger partial charge is 0.279 e. The Labute approximate surface area is 314 Å². The molecule has 13 heteroatoms. The lowest BCUT2D eigenvalue weighted by Crippen LogP contribution is -2.42. The topological polar surface area (TPSA) is 83.6 Å². The van der Waals surface area contributed by atoms with Gasteiger partial charge >= 0.3 is 0 Å². The van der Waals surface area contributed by atoms with Crippen LogP contribution in [0.15, 0.2) is 48.6 Å². The first-order valence-corrected chi connectivity index (χ1v) is 20.2. The van der Waals surface area contributed by atoms with Gasteiger partial charge in [0.05, 0.1) is 11.8 Å². The second-order valence-corrected chi connectivity index (χ2v) is 19.0. The van der Waals surface area contributed by atoms with Gasteiger partial charge in [0.1, 0.15) is 0 Å². The summed E-state index contributed by atoms with van der Waals surface area (Å²) in [5.41, 5.74) is 1.68. The number of hydrogen-bond donors (Lipinski definition) is 1. The van der Waals surface area contributed by atoms with E-state index in [0.29, 0.717) is 34.3 Å². The van der Waals surface area contributed by atoms with Crippen LogP contribution in [0.2, 0.25) is 0 Å². The lowest BCUT2D eigenvalue weighted by molar-refractivity contribution is -0.123. The maximum absolute atomic E-state index is 13.3. The van der Waals surface area contributed by atoms with E-state index in [4.69, 9.17) is 11.6 Å². The van der Waals surface area contributed by atoms with Crippen molar-refractivity contribution in [3.8, 4) is 0 Å². The van der Waals surface area contributed by atoms with Gasteiger partial charge in [0.15, 0.2) is 23.3 Å². The van der Waals surface area contributed by atoms with Gasteiger partial charge in [0, 0.05) is 28.7 Å². The van der Waals surface area contributed by atoms with Crippen LogP contribution in [0.1, 0.15) is 84.8 Å². The molecule has 6 fully saturated rings. The smallest absolute Gasteiger partial charge is 0.256 e. The van der Waals surface area contributed by atoms with E-state index in [0.717, 1.165) is 61.3 Å². The number of halogens is 5. The van der Waals surface area contributed by atoms with Gasteiger partial charge in [-0.3, -0.25) is 13.9 Å². The summed E-state index contributed by atoms with van der Waals surface area (Å²) < 4.78 is 79.2.